The van der Waals surface area contributed by atoms with Gasteiger partial charge in [-0.05, 0) is 44.5 Å². The van der Waals surface area contributed by atoms with Gasteiger partial charge in [-0.15, -0.1) is 0 Å². The van der Waals surface area contributed by atoms with Crippen LogP contribution in [0.15, 0.2) is 22.6 Å². The van der Waals surface area contributed by atoms with Crippen LogP contribution in [0.2, 0.25) is 0 Å². The lowest BCUT2D eigenvalue weighted by Crippen LogP contribution is -2.21. The highest BCUT2D eigenvalue weighted by molar-refractivity contribution is 5.73. The summed E-state index contributed by atoms with van der Waals surface area (Å²) in [6.07, 6.45) is 1.12. The molecule has 0 saturated carbocycles. The molecule has 1 N–H and O–H groups in total. The maximum Gasteiger partial charge on any atom is 0.200 e. The molecule has 0 aliphatic carbocycles. The van der Waals surface area contributed by atoms with Crippen LogP contribution >= 0.6 is 0 Å². The largest absolute Gasteiger partial charge is 0.440 e. The van der Waals surface area contributed by atoms with Gasteiger partial charge in [0.1, 0.15) is 5.52 Å². The highest BCUT2D eigenvalue weighted by Gasteiger charge is 2.28. The second-order valence-corrected chi connectivity index (χ2v) is 4.66. The van der Waals surface area contributed by atoms with Gasteiger partial charge in [-0.3, -0.25) is 0 Å². The first kappa shape index (κ1) is 9.85. The zero-order valence-corrected chi connectivity index (χ0v) is 9.66. The molecule has 2 aromatic rings. The van der Waals surface area contributed by atoms with Gasteiger partial charge in [0.05, 0.1) is 5.92 Å². The minimum Gasteiger partial charge on any atom is -0.440 e. The van der Waals surface area contributed by atoms with Crippen molar-refractivity contribution < 1.29 is 4.42 Å². The fourth-order valence-electron chi connectivity index (χ4n) is 2.41. The smallest absolute Gasteiger partial charge is 0.200 e. The monoisotopic (exact) mass is 216 g/mol. The second-order valence-electron chi connectivity index (χ2n) is 4.66. The van der Waals surface area contributed by atoms with Crippen molar-refractivity contribution in [3.63, 3.8) is 0 Å². The van der Waals surface area contributed by atoms with Crippen LogP contribution in [0, 0.1) is 6.92 Å². The van der Waals surface area contributed by atoms with E-state index >= 15 is 0 Å². The molecule has 1 fully saturated rings. The van der Waals surface area contributed by atoms with Gasteiger partial charge in [0, 0.05) is 6.04 Å². The second kappa shape index (κ2) is 3.59. The number of hydrogen-bond donors (Lipinski definition) is 1. The van der Waals surface area contributed by atoms with Crippen molar-refractivity contribution >= 4 is 11.1 Å². The van der Waals surface area contributed by atoms with E-state index in [0.29, 0.717) is 12.0 Å². The summed E-state index contributed by atoms with van der Waals surface area (Å²) >= 11 is 0. The number of rotatable bonds is 1. The minimum atomic E-state index is 0.424. The average Bonchev–Trinajstić information content (AvgIpc) is 2.82. The summed E-state index contributed by atoms with van der Waals surface area (Å²) in [5.41, 5.74) is 3.11. The van der Waals surface area contributed by atoms with Gasteiger partial charge in [0.15, 0.2) is 11.5 Å². The van der Waals surface area contributed by atoms with E-state index in [9.17, 15) is 0 Å². The molecule has 1 aliphatic heterocycles. The van der Waals surface area contributed by atoms with Crippen LogP contribution in [0.4, 0.5) is 0 Å². The van der Waals surface area contributed by atoms with Crippen LogP contribution < -0.4 is 5.32 Å². The molecule has 3 nitrogen and oxygen atoms in total. The van der Waals surface area contributed by atoms with Gasteiger partial charge >= 0.3 is 0 Å². The SMILES string of the molecule is Cc1ccc2oc(C3CCNC3C)nc2c1. The van der Waals surface area contributed by atoms with Crippen LogP contribution in [-0.2, 0) is 0 Å². The van der Waals surface area contributed by atoms with Gasteiger partial charge < -0.3 is 9.73 Å². The molecular formula is C13H16N2O. The summed E-state index contributed by atoms with van der Waals surface area (Å²) in [5.74, 6) is 1.31. The van der Waals surface area contributed by atoms with Crippen molar-refractivity contribution in [2.24, 2.45) is 0 Å². The quantitative estimate of drug-likeness (QED) is 0.796. The standard InChI is InChI=1S/C13H16N2O/c1-8-3-4-12-11(7-8)15-13(16-12)10-5-6-14-9(10)2/h3-4,7,9-10,14H,5-6H2,1-2H3. The Labute approximate surface area is 94.9 Å². The van der Waals surface area contributed by atoms with Crippen molar-refractivity contribution in [3.8, 4) is 0 Å². The third-order valence-electron chi connectivity index (χ3n) is 3.40. The first-order chi connectivity index (χ1) is 7.74. The lowest BCUT2D eigenvalue weighted by atomic mass is 10.0. The lowest BCUT2D eigenvalue weighted by molar-refractivity contribution is 0.447. The topological polar surface area (TPSA) is 38.1 Å². The predicted octanol–water partition coefficient (Wildman–Crippen LogP) is 2.60. The molecule has 16 heavy (non-hydrogen) atoms. The Morgan fingerprint density at radius 3 is 3.06 bits per heavy atom. The Balaban J connectivity index is 2.04. The van der Waals surface area contributed by atoms with E-state index < -0.39 is 0 Å². The van der Waals surface area contributed by atoms with Crippen molar-refractivity contribution in [1.82, 2.24) is 10.3 Å². The third-order valence-corrected chi connectivity index (χ3v) is 3.40. The average molecular weight is 216 g/mol. The molecule has 2 atom stereocenters. The summed E-state index contributed by atoms with van der Waals surface area (Å²) in [5, 5.41) is 3.42. The van der Waals surface area contributed by atoms with E-state index in [-0.39, 0.29) is 0 Å². The van der Waals surface area contributed by atoms with E-state index in [1.54, 1.807) is 0 Å². The Bertz CT molecular complexity index is 518. The highest BCUT2D eigenvalue weighted by atomic mass is 16.3. The molecular weight excluding hydrogens is 200 g/mol. The molecule has 2 unspecified atom stereocenters. The molecule has 3 rings (SSSR count). The summed E-state index contributed by atoms with van der Waals surface area (Å²) in [4.78, 5) is 4.60. The van der Waals surface area contributed by atoms with Gasteiger partial charge in [-0.25, -0.2) is 4.98 Å². The molecule has 1 saturated heterocycles. The van der Waals surface area contributed by atoms with E-state index in [4.69, 9.17) is 4.42 Å². The highest BCUT2D eigenvalue weighted by Crippen LogP contribution is 2.29. The number of nitrogens with one attached hydrogen (secondary N) is 1. The van der Waals surface area contributed by atoms with Gasteiger partial charge in [0.25, 0.3) is 0 Å². The first-order valence-electron chi connectivity index (χ1n) is 5.84. The van der Waals surface area contributed by atoms with Crippen molar-refractivity contribution in [1.29, 1.82) is 0 Å². The number of nitrogens with zero attached hydrogens (tertiary/aromatic N) is 1. The summed E-state index contributed by atoms with van der Waals surface area (Å²) in [6.45, 7) is 5.33. The zero-order valence-electron chi connectivity index (χ0n) is 9.66. The van der Waals surface area contributed by atoms with Crippen LogP contribution in [0.5, 0.6) is 0 Å². The molecule has 1 aromatic heterocycles. The molecule has 0 bridgehead atoms. The Morgan fingerprint density at radius 1 is 1.44 bits per heavy atom. The maximum atomic E-state index is 5.83. The van der Waals surface area contributed by atoms with Crippen LogP contribution in [0.1, 0.15) is 30.7 Å². The summed E-state index contributed by atoms with van der Waals surface area (Å²) in [6, 6.07) is 6.62. The summed E-state index contributed by atoms with van der Waals surface area (Å²) < 4.78 is 5.83. The van der Waals surface area contributed by atoms with E-state index in [1.165, 1.54) is 5.56 Å². The molecule has 0 radical (unpaired) electrons. The van der Waals surface area contributed by atoms with Gasteiger partial charge in [-0.1, -0.05) is 6.07 Å². The molecule has 2 heterocycles. The number of fused-ring (bicyclic) bond motifs is 1. The summed E-state index contributed by atoms with van der Waals surface area (Å²) in [7, 11) is 0. The lowest BCUT2D eigenvalue weighted by Gasteiger charge is -2.09. The normalized spacial score (nSPS) is 25.4. The molecule has 1 aliphatic rings. The number of benzene rings is 1. The van der Waals surface area contributed by atoms with E-state index in [2.05, 4.69) is 36.3 Å². The number of aromatic nitrogens is 1. The van der Waals surface area contributed by atoms with E-state index in [0.717, 1.165) is 30.0 Å². The van der Waals surface area contributed by atoms with Crippen molar-refractivity contribution in [2.75, 3.05) is 6.54 Å². The Hall–Kier alpha value is -1.35. The molecule has 1 aromatic carbocycles. The van der Waals surface area contributed by atoms with Crippen LogP contribution in [0.3, 0.4) is 0 Å². The first-order valence-corrected chi connectivity index (χ1v) is 5.84. The molecule has 0 amide bonds. The number of aryl methyl sites for hydroxylation is 1. The maximum absolute atomic E-state index is 5.83. The van der Waals surface area contributed by atoms with Crippen molar-refractivity contribution in [2.45, 2.75) is 32.2 Å². The molecule has 0 spiro atoms. The minimum absolute atomic E-state index is 0.424. The van der Waals surface area contributed by atoms with Crippen LogP contribution in [0.25, 0.3) is 11.1 Å². The van der Waals surface area contributed by atoms with Crippen LogP contribution in [-0.4, -0.2) is 17.6 Å². The molecule has 84 valence electrons. The fourth-order valence-corrected chi connectivity index (χ4v) is 2.41. The van der Waals surface area contributed by atoms with E-state index in [1.807, 2.05) is 6.07 Å². The molecule has 3 heteroatoms. The van der Waals surface area contributed by atoms with Gasteiger partial charge in [0.2, 0.25) is 0 Å². The third kappa shape index (κ3) is 1.52. The van der Waals surface area contributed by atoms with Gasteiger partial charge in [-0.2, -0.15) is 0 Å². The Morgan fingerprint density at radius 2 is 2.31 bits per heavy atom. The number of oxazole rings is 1. The zero-order chi connectivity index (χ0) is 11.1. The van der Waals surface area contributed by atoms with Crippen molar-refractivity contribution in [3.05, 3.63) is 29.7 Å². The number of hydrogen-bond acceptors (Lipinski definition) is 3. The fraction of sp³-hybridized carbons (Fsp3) is 0.462. The predicted molar refractivity (Wildman–Crippen MR) is 63.6 cm³/mol. The Kier molecular flexibility index (Phi) is 2.21.